The lowest BCUT2D eigenvalue weighted by molar-refractivity contribution is 0.463. The molecule has 0 aliphatic rings. The number of nitrogens with zero attached hydrogens (tertiary/aromatic N) is 1. The first-order chi connectivity index (χ1) is 6.31. The fourth-order valence-corrected chi connectivity index (χ4v) is 1.78. The Balaban J connectivity index is 2.74. The number of phenols is 1. The van der Waals surface area contributed by atoms with Crippen LogP contribution >= 0.6 is 11.8 Å². The molecule has 1 N–H and O–H groups in total. The molecule has 0 bridgehead atoms. The summed E-state index contributed by atoms with van der Waals surface area (Å²) in [6.45, 7) is 0. The summed E-state index contributed by atoms with van der Waals surface area (Å²) >= 11 is 1.54. The van der Waals surface area contributed by atoms with Gasteiger partial charge in [-0.25, -0.2) is 0 Å². The van der Waals surface area contributed by atoms with Crippen LogP contribution in [0.3, 0.4) is 0 Å². The minimum Gasteiger partial charge on any atom is -0.507 e. The topological polar surface area (TPSA) is 33.1 Å². The van der Waals surface area contributed by atoms with Crippen molar-refractivity contribution in [2.45, 2.75) is 4.90 Å². The van der Waals surface area contributed by atoms with Crippen molar-refractivity contribution in [1.82, 2.24) is 4.98 Å². The highest BCUT2D eigenvalue weighted by Gasteiger charge is 2.01. The molecular weight excluding hydrogens is 182 g/mol. The van der Waals surface area contributed by atoms with Crippen LogP contribution in [0.15, 0.2) is 35.5 Å². The van der Waals surface area contributed by atoms with Gasteiger partial charge >= 0.3 is 0 Å². The van der Waals surface area contributed by atoms with E-state index >= 15 is 0 Å². The minimum atomic E-state index is 0.327. The number of thioether (sulfide) groups is 1. The molecular formula is C10H9NOS. The van der Waals surface area contributed by atoms with Crippen molar-refractivity contribution < 1.29 is 5.11 Å². The van der Waals surface area contributed by atoms with Gasteiger partial charge in [-0.3, -0.25) is 4.98 Å². The van der Waals surface area contributed by atoms with Gasteiger partial charge in [-0.05, 0) is 29.8 Å². The summed E-state index contributed by atoms with van der Waals surface area (Å²) in [5, 5.41) is 11.6. The molecule has 2 rings (SSSR count). The van der Waals surface area contributed by atoms with Gasteiger partial charge in [0.05, 0.1) is 0 Å². The van der Waals surface area contributed by atoms with Crippen LogP contribution in [0.1, 0.15) is 0 Å². The molecule has 0 spiro atoms. The first-order valence-corrected chi connectivity index (χ1v) is 5.14. The zero-order valence-electron chi connectivity index (χ0n) is 7.19. The highest BCUT2D eigenvalue weighted by atomic mass is 32.2. The monoisotopic (exact) mass is 191 g/mol. The van der Waals surface area contributed by atoms with Crippen molar-refractivity contribution in [1.29, 1.82) is 0 Å². The number of fused-ring (bicyclic) bond motifs is 1. The maximum Gasteiger partial charge on any atom is 0.129 e. The third-order valence-electron chi connectivity index (χ3n) is 1.94. The van der Waals surface area contributed by atoms with Crippen molar-refractivity contribution in [3.05, 3.63) is 30.6 Å². The summed E-state index contributed by atoms with van der Waals surface area (Å²) in [4.78, 5) is 4.89. The lowest BCUT2D eigenvalue weighted by atomic mass is 10.2. The fourth-order valence-electron chi connectivity index (χ4n) is 1.27. The maximum atomic E-state index is 9.56. The average Bonchev–Trinajstić information content (AvgIpc) is 2.17. The number of hydrogen-bond acceptors (Lipinski definition) is 3. The van der Waals surface area contributed by atoms with E-state index in [-0.39, 0.29) is 0 Å². The Kier molecular flexibility index (Phi) is 2.10. The van der Waals surface area contributed by atoms with Crippen molar-refractivity contribution in [3.63, 3.8) is 0 Å². The van der Waals surface area contributed by atoms with E-state index in [1.807, 2.05) is 18.4 Å². The lowest BCUT2D eigenvalue weighted by Crippen LogP contribution is -1.77. The number of hydrogen-bond donors (Lipinski definition) is 1. The third-order valence-corrected chi connectivity index (χ3v) is 2.71. The summed E-state index contributed by atoms with van der Waals surface area (Å²) in [5.74, 6) is 0.327. The summed E-state index contributed by atoms with van der Waals surface area (Å²) in [6, 6.07) is 5.65. The molecule has 0 aliphatic heterocycles. The van der Waals surface area contributed by atoms with Gasteiger partial charge in [-0.15, -0.1) is 11.8 Å². The maximum absolute atomic E-state index is 9.56. The second kappa shape index (κ2) is 3.26. The molecule has 0 amide bonds. The van der Waals surface area contributed by atoms with E-state index in [0.29, 0.717) is 5.75 Å². The molecule has 0 radical (unpaired) electrons. The highest BCUT2D eigenvalue weighted by Crippen LogP contribution is 2.30. The Labute approximate surface area is 80.6 Å². The Morgan fingerprint density at radius 3 is 2.92 bits per heavy atom. The second-order valence-electron chi connectivity index (χ2n) is 2.75. The van der Waals surface area contributed by atoms with Gasteiger partial charge in [0.1, 0.15) is 5.75 Å². The van der Waals surface area contributed by atoms with Crippen molar-refractivity contribution in [2.24, 2.45) is 0 Å². The second-order valence-corrected chi connectivity index (χ2v) is 3.59. The van der Waals surface area contributed by atoms with Crippen LogP contribution in [-0.4, -0.2) is 16.3 Å². The number of phenolic OH excluding ortho intramolecular Hbond substituents is 1. The highest BCUT2D eigenvalue weighted by molar-refractivity contribution is 7.98. The van der Waals surface area contributed by atoms with Crippen molar-refractivity contribution in [2.75, 3.05) is 6.26 Å². The number of benzene rings is 1. The molecule has 0 saturated carbocycles. The molecule has 0 atom stereocenters. The molecule has 0 saturated heterocycles. The standard InChI is InChI=1S/C10H9NOS/c1-13-10-5-7-2-3-11-6-8(7)4-9(10)12/h2-6,12H,1H3. The van der Waals surface area contributed by atoms with E-state index in [1.165, 1.54) is 11.8 Å². The molecule has 1 heterocycles. The third kappa shape index (κ3) is 1.47. The Morgan fingerprint density at radius 2 is 2.15 bits per heavy atom. The van der Waals surface area contributed by atoms with Crippen molar-refractivity contribution in [3.8, 4) is 5.75 Å². The van der Waals surface area contributed by atoms with Gasteiger partial charge in [0.25, 0.3) is 0 Å². The van der Waals surface area contributed by atoms with E-state index in [4.69, 9.17) is 0 Å². The SMILES string of the molecule is CSc1cc2ccncc2cc1O. The van der Waals surface area contributed by atoms with E-state index in [9.17, 15) is 5.11 Å². The predicted molar refractivity (Wildman–Crippen MR) is 55.2 cm³/mol. The van der Waals surface area contributed by atoms with Crippen LogP contribution in [0.5, 0.6) is 5.75 Å². The molecule has 3 heteroatoms. The summed E-state index contributed by atoms with van der Waals surface area (Å²) in [5.41, 5.74) is 0. The Hall–Kier alpha value is -1.22. The molecule has 1 aromatic heterocycles. The quantitative estimate of drug-likeness (QED) is 0.703. The largest absolute Gasteiger partial charge is 0.507 e. The molecule has 1 aromatic carbocycles. The first-order valence-electron chi connectivity index (χ1n) is 3.92. The van der Waals surface area contributed by atoms with Crippen LogP contribution < -0.4 is 0 Å². The van der Waals surface area contributed by atoms with E-state index in [1.54, 1.807) is 18.5 Å². The number of rotatable bonds is 1. The van der Waals surface area contributed by atoms with Gasteiger partial charge in [-0.2, -0.15) is 0 Å². The van der Waals surface area contributed by atoms with Gasteiger partial charge in [-0.1, -0.05) is 0 Å². The first kappa shape index (κ1) is 8.38. The van der Waals surface area contributed by atoms with E-state index in [2.05, 4.69) is 4.98 Å². The van der Waals surface area contributed by atoms with Crippen LogP contribution in [-0.2, 0) is 0 Å². The van der Waals surface area contributed by atoms with Crippen molar-refractivity contribution >= 4 is 22.5 Å². The fraction of sp³-hybridized carbons (Fsp3) is 0.100. The molecule has 0 aliphatic carbocycles. The zero-order chi connectivity index (χ0) is 9.26. The number of pyridine rings is 1. The molecule has 13 heavy (non-hydrogen) atoms. The average molecular weight is 191 g/mol. The molecule has 2 aromatic rings. The predicted octanol–water partition coefficient (Wildman–Crippen LogP) is 2.66. The summed E-state index contributed by atoms with van der Waals surface area (Å²) < 4.78 is 0. The van der Waals surface area contributed by atoms with Crippen LogP contribution in [0, 0.1) is 0 Å². The Bertz CT molecular complexity index is 442. The summed E-state index contributed by atoms with van der Waals surface area (Å²) in [6.07, 6.45) is 5.45. The van der Waals surface area contributed by atoms with Crippen LogP contribution in [0.2, 0.25) is 0 Å². The Morgan fingerprint density at radius 1 is 1.31 bits per heavy atom. The van der Waals surface area contributed by atoms with Gasteiger partial charge in [0.2, 0.25) is 0 Å². The number of aromatic nitrogens is 1. The summed E-state index contributed by atoms with van der Waals surface area (Å²) in [7, 11) is 0. The minimum absolute atomic E-state index is 0.327. The molecule has 0 unspecified atom stereocenters. The van der Waals surface area contributed by atoms with Crippen LogP contribution in [0.4, 0.5) is 0 Å². The number of aromatic hydroxyl groups is 1. The molecule has 66 valence electrons. The van der Waals surface area contributed by atoms with Gasteiger partial charge < -0.3 is 5.11 Å². The van der Waals surface area contributed by atoms with E-state index < -0.39 is 0 Å². The normalized spacial score (nSPS) is 10.5. The van der Waals surface area contributed by atoms with Gasteiger partial charge in [0, 0.05) is 22.7 Å². The lowest BCUT2D eigenvalue weighted by Gasteiger charge is -2.02. The smallest absolute Gasteiger partial charge is 0.129 e. The zero-order valence-corrected chi connectivity index (χ0v) is 8.01. The van der Waals surface area contributed by atoms with Crippen LogP contribution in [0.25, 0.3) is 10.8 Å². The molecule has 0 fully saturated rings. The molecule has 2 nitrogen and oxygen atoms in total. The van der Waals surface area contributed by atoms with Gasteiger partial charge in [0.15, 0.2) is 0 Å². The van der Waals surface area contributed by atoms with E-state index in [0.717, 1.165) is 15.7 Å².